The predicted octanol–water partition coefficient (Wildman–Crippen LogP) is 4.45. The molecule has 3 aromatic rings. The first-order valence-electron chi connectivity index (χ1n) is 8.79. The summed E-state index contributed by atoms with van der Waals surface area (Å²) in [4.78, 5) is 27.4. The SMILES string of the molecule is O=C(O)CNC(=O)c1ccc(CN(c2nc(C(F)(F)F)cs2)c2ccccc2F)cc1. The number of hydrogen-bond acceptors (Lipinski definition) is 5. The van der Waals surface area contributed by atoms with Crippen LogP contribution < -0.4 is 10.2 Å². The first-order valence-corrected chi connectivity index (χ1v) is 9.67. The van der Waals surface area contributed by atoms with Gasteiger partial charge >= 0.3 is 12.1 Å². The molecule has 11 heteroatoms. The summed E-state index contributed by atoms with van der Waals surface area (Å²) in [5, 5.41) is 11.7. The van der Waals surface area contributed by atoms with Crippen LogP contribution in [0.25, 0.3) is 0 Å². The van der Waals surface area contributed by atoms with Crippen molar-refractivity contribution in [1.29, 1.82) is 0 Å². The zero-order chi connectivity index (χ0) is 22.6. The maximum atomic E-state index is 14.4. The van der Waals surface area contributed by atoms with Gasteiger partial charge in [0, 0.05) is 10.9 Å². The van der Waals surface area contributed by atoms with Gasteiger partial charge in [-0.15, -0.1) is 11.3 Å². The molecule has 1 amide bonds. The number of nitrogens with zero attached hydrogens (tertiary/aromatic N) is 2. The number of nitrogens with one attached hydrogen (secondary N) is 1. The Morgan fingerprint density at radius 2 is 1.77 bits per heavy atom. The monoisotopic (exact) mass is 453 g/mol. The molecular formula is C20H15F4N3O3S. The first-order chi connectivity index (χ1) is 14.6. The second-order valence-corrected chi connectivity index (χ2v) is 7.16. The van der Waals surface area contributed by atoms with Gasteiger partial charge in [0.1, 0.15) is 12.4 Å². The van der Waals surface area contributed by atoms with E-state index in [1.54, 1.807) is 18.2 Å². The van der Waals surface area contributed by atoms with Gasteiger partial charge in [-0.25, -0.2) is 9.37 Å². The fourth-order valence-electron chi connectivity index (χ4n) is 2.65. The van der Waals surface area contributed by atoms with Gasteiger partial charge in [0.25, 0.3) is 5.91 Å². The molecule has 0 aliphatic rings. The van der Waals surface area contributed by atoms with E-state index in [0.29, 0.717) is 5.56 Å². The minimum Gasteiger partial charge on any atom is -0.480 e. The Morgan fingerprint density at radius 1 is 1.10 bits per heavy atom. The van der Waals surface area contributed by atoms with Crippen LogP contribution in [-0.4, -0.2) is 28.5 Å². The molecular weight excluding hydrogens is 438 g/mol. The van der Waals surface area contributed by atoms with Gasteiger partial charge in [-0.1, -0.05) is 24.3 Å². The molecule has 3 rings (SSSR count). The van der Waals surface area contributed by atoms with Crippen molar-refractivity contribution in [3.05, 3.63) is 76.5 Å². The number of anilines is 2. The van der Waals surface area contributed by atoms with Crippen LogP contribution in [0.2, 0.25) is 0 Å². The minimum absolute atomic E-state index is 0.0111. The highest BCUT2D eigenvalue weighted by molar-refractivity contribution is 7.13. The van der Waals surface area contributed by atoms with Crippen molar-refractivity contribution in [2.75, 3.05) is 11.4 Å². The molecule has 0 unspecified atom stereocenters. The number of hydrogen-bond donors (Lipinski definition) is 2. The Labute approximate surface area is 177 Å². The van der Waals surface area contributed by atoms with Crippen LogP contribution in [0.3, 0.4) is 0 Å². The van der Waals surface area contributed by atoms with Crippen molar-refractivity contribution < 1.29 is 32.3 Å². The van der Waals surface area contributed by atoms with Gasteiger partial charge in [-0.2, -0.15) is 13.2 Å². The number of aliphatic carboxylic acids is 1. The molecule has 1 aromatic heterocycles. The van der Waals surface area contributed by atoms with Gasteiger partial charge in [0.05, 0.1) is 12.2 Å². The number of thiazole rings is 1. The predicted molar refractivity (Wildman–Crippen MR) is 106 cm³/mol. The number of halogens is 4. The lowest BCUT2D eigenvalue weighted by atomic mass is 10.1. The summed E-state index contributed by atoms with van der Waals surface area (Å²) in [6.07, 6.45) is -4.62. The van der Waals surface area contributed by atoms with Gasteiger partial charge in [-0.3, -0.25) is 9.59 Å². The topological polar surface area (TPSA) is 82.5 Å². The van der Waals surface area contributed by atoms with Gasteiger partial charge in [0.15, 0.2) is 10.8 Å². The average molecular weight is 453 g/mol. The molecule has 0 spiro atoms. The summed E-state index contributed by atoms with van der Waals surface area (Å²) in [5.41, 5.74) is -0.244. The van der Waals surface area contributed by atoms with Crippen LogP contribution in [0.5, 0.6) is 0 Å². The highest BCUT2D eigenvalue weighted by Crippen LogP contribution is 2.37. The summed E-state index contributed by atoms with van der Waals surface area (Å²) in [6.45, 7) is -0.546. The third kappa shape index (κ3) is 5.57. The molecule has 31 heavy (non-hydrogen) atoms. The molecule has 0 aliphatic heterocycles. The van der Waals surface area contributed by atoms with Crippen molar-refractivity contribution in [2.24, 2.45) is 0 Å². The molecule has 6 nitrogen and oxygen atoms in total. The fraction of sp³-hybridized carbons (Fsp3) is 0.150. The largest absolute Gasteiger partial charge is 0.480 e. The molecule has 0 saturated heterocycles. The molecule has 0 fully saturated rings. The second-order valence-electron chi connectivity index (χ2n) is 6.32. The minimum atomic E-state index is -4.62. The highest BCUT2D eigenvalue weighted by Gasteiger charge is 2.34. The standard InChI is InChI=1S/C20H15F4N3O3S/c21-14-3-1-2-4-15(14)27(19-26-16(11-31-19)20(22,23)24)10-12-5-7-13(8-6-12)18(30)25-9-17(28)29/h1-8,11H,9-10H2,(H,25,30)(H,28,29). The number of para-hydroxylation sites is 1. The van der Waals surface area contributed by atoms with Crippen LogP contribution in [0.15, 0.2) is 53.9 Å². The van der Waals surface area contributed by atoms with E-state index in [1.807, 2.05) is 0 Å². The van der Waals surface area contributed by atoms with Crippen LogP contribution in [0.1, 0.15) is 21.6 Å². The van der Waals surface area contributed by atoms with E-state index in [2.05, 4.69) is 10.3 Å². The van der Waals surface area contributed by atoms with E-state index in [0.717, 1.165) is 16.7 Å². The van der Waals surface area contributed by atoms with Crippen LogP contribution in [0, 0.1) is 5.82 Å². The first kappa shape index (κ1) is 22.2. The lowest BCUT2D eigenvalue weighted by Gasteiger charge is -2.23. The number of amides is 1. The van der Waals surface area contributed by atoms with E-state index in [9.17, 15) is 27.2 Å². The molecule has 2 aromatic carbocycles. The fourth-order valence-corrected chi connectivity index (χ4v) is 3.49. The van der Waals surface area contributed by atoms with E-state index < -0.39 is 36.1 Å². The van der Waals surface area contributed by atoms with Gasteiger partial charge in [-0.05, 0) is 29.8 Å². The van der Waals surface area contributed by atoms with Crippen LogP contribution >= 0.6 is 11.3 Å². The number of carbonyl (C=O) groups excluding carboxylic acids is 1. The van der Waals surface area contributed by atoms with Crippen LogP contribution in [-0.2, 0) is 17.5 Å². The molecule has 0 atom stereocenters. The summed E-state index contributed by atoms with van der Waals surface area (Å²) < 4.78 is 53.4. The number of aromatic nitrogens is 1. The summed E-state index contributed by atoms with van der Waals surface area (Å²) in [6, 6.07) is 11.6. The van der Waals surface area contributed by atoms with Gasteiger partial charge < -0.3 is 15.3 Å². The zero-order valence-electron chi connectivity index (χ0n) is 15.7. The van der Waals surface area contributed by atoms with E-state index >= 15 is 0 Å². The molecule has 0 bridgehead atoms. The highest BCUT2D eigenvalue weighted by atomic mass is 32.1. The Hall–Kier alpha value is -3.47. The molecule has 162 valence electrons. The van der Waals surface area contributed by atoms with Crippen molar-refractivity contribution in [3.8, 4) is 0 Å². The lowest BCUT2D eigenvalue weighted by Crippen LogP contribution is -2.29. The molecule has 2 N–H and O–H groups in total. The van der Waals surface area contributed by atoms with Gasteiger partial charge in [0.2, 0.25) is 0 Å². The summed E-state index contributed by atoms with van der Waals surface area (Å²) in [5.74, 6) is -2.40. The van der Waals surface area contributed by atoms with Crippen molar-refractivity contribution in [3.63, 3.8) is 0 Å². The Bertz CT molecular complexity index is 1080. The van der Waals surface area contributed by atoms with Crippen LogP contribution in [0.4, 0.5) is 28.4 Å². The maximum absolute atomic E-state index is 14.4. The van der Waals surface area contributed by atoms with E-state index in [1.165, 1.54) is 35.2 Å². The third-order valence-corrected chi connectivity index (χ3v) is 4.98. The number of carboxylic acids is 1. The zero-order valence-corrected chi connectivity index (χ0v) is 16.5. The quantitative estimate of drug-likeness (QED) is 0.517. The normalized spacial score (nSPS) is 11.2. The molecule has 0 saturated carbocycles. The third-order valence-electron chi connectivity index (χ3n) is 4.11. The van der Waals surface area contributed by atoms with E-state index in [4.69, 9.17) is 5.11 Å². The smallest absolute Gasteiger partial charge is 0.434 e. The number of carbonyl (C=O) groups is 2. The molecule has 0 radical (unpaired) electrons. The lowest BCUT2D eigenvalue weighted by molar-refractivity contribution is -0.140. The van der Waals surface area contributed by atoms with Crippen molar-refractivity contribution >= 4 is 34.0 Å². The summed E-state index contributed by atoms with van der Waals surface area (Å²) >= 11 is 0.733. The molecule has 1 heterocycles. The average Bonchev–Trinajstić information content (AvgIpc) is 3.22. The van der Waals surface area contributed by atoms with Crippen molar-refractivity contribution in [2.45, 2.75) is 12.7 Å². The Morgan fingerprint density at radius 3 is 2.35 bits per heavy atom. The Balaban J connectivity index is 1.87. The Kier molecular flexibility index (Phi) is 6.54. The van der Waals surface area contributed by atoms with E-state index in [-0.39, 0.29) is 22.9 Å². The number of benzene rings is 2. The molecule has 0 aliphatic carbocycles. The maximum Gasteiger partial charge on any atom is 0.434 e. The summed E-state index contributed by atoms with van der Waals surface area (Å²) in [7, 11) is 0. The number of rotatable bonds is 7. The second kappa shape index (κ2) is 9.13. The van der Waals surface area contributed by atoms with Crippen molar-refractivity contribution in [1.82, 2.24) is 10.3 Å². The number of alkyl halides is 3. The number of carboxylic acid groups (broad SMARTS) is 1.